The minimum Gasteiger partial charge on any atom is -0.322 e. The maximum Gasteiger partial charge on any atom is 0.255 e. The van der Waals surface area contributed by atoms with E-state index in [2.05, 4.69) is 5.32 Å². The molecule has 0 heterocycles. The lowest BCUT2D eigenvalue weighted by Gasteiger charge is -2.10. The summed E-state index contributed by atoms with van der Waals surface area (Å²) in [5, 5.41) is 2.25. The van der Waals surface area contributed by atoms with Crippen LogP contribution in [0.1, 0.15) is 24.2 Å². The van der Waals surface area contributed by atoms with Crippen LogP contribution >= 0.6 is 11.8 Å². The molecule has 0 aromatic heterocycles. The number of nitrogens with one attached hydrogen (secondary N) is 1. The molecule has 23 heavy (non-hydrogen) atoms. The van der Waals surface area contributed by atoms with Gasteiger partial charge in [-0.1, -0.05) is 6.07 Å². The molecule has 2 aromatic carbocycles. The van der Waals surface area contributed by atoms with E-state index in [0.29, 0.717) is 11.3 Å². The van der Waals surface area contributed by atoms with Crippen LogP contribution < -0.4 is 5.32 Å². The minimum atomic E-state index is -3.40. The second-order valence-electron chi connectivity index (χ2n) is 5.30. The quantitative estimate of drug-likeness (QED) is 0.833. The Morgan fingerprint density at radius 2 is 1.74 bits per heavy atom. The fraction of sp³-hybridized carbons (Fsp3) is 0.235. The Labute approximate surface area is 141 Å². The number of sulfone groups is 1. The van der Waals surface area contributed by atoms with Crippen LogP contribution in [-0.2, 0) is 9.84 Å². The van der Waals surface area contributed by atoms with Gasteiger partial charge in [0.05, 0.1) is 10.1 Å². The van der Waals surface area contributed by atoms with E-state index in [0.717, 1.165) is 4.90 Å². The van der Waals surface area contributed by atoms with Crippen LogP contribution in [0.5, 0.6) is 0 Å². The smallest absolute Gasteiger partial charge is 0.255 e. The van der Waals surface area contributed by atoms with Crippen molar-refractivity contribution in [3.63, 3.8) is 0 Å². The third kappa shape index (κ3) is 4.14. The van der Waals surface area contributed by atoms with E-state index in [-0.39, 0.29) is 10.8 Å². The summed E-state index contributed by atoms with van der Waals surface area (Å²) >= 11 is 1.62. The summed E-state index contributed by atoms with van der Waals surface area (Å²) in [4.78, 5) is 13.6. The third-order valence-electron chi connectivity index (χ3n) is 3.39. The van der Waals surface area contributed by atoms with Crippen molar-refractivity contribution in [2.45, 2.75) is 28.9 Å². The molecular formula is C17H19NO3S2. The number of anilines is 1. The molecule has 6 heteroatoms. The SMILES string of the molecule is CSc1ccc(NC(=O)c2cccc(S(=O)(=O)C(C)C)c2)cc1. The number of carbonyl (C=O) groups excluding carboxylic acids is 1. The van der Waals surface area contributed by atoms with Crippen LogP contribution in [0.15, 0.2) is 58.3 Å². The van der Waals surface area contributed by atoms with Crippen molar-refractivity contribution < 1.29 is 13.2 Å². The second kappa shape index (κ2) is 7.19. The highest BCUT2D eigenvalue weighted by molar-refractivity contribution is 7.98. The second-order valence-corrected chi connectivity index (χ2v) is 8.69. The number of hydrogen-bond donors (Lipinski definition) is 1. The number of rotatable bonds is 5. The average Bonchev–Trinajstić information content (AvgIpc) is 2.55. The van der Waals surface area contributed by atoms with Gasteiger partial charge >= 0.3 is 0 Å². The molecule has 0 fully saturated rings. The van der Waals surface area contributed by atoms with Gasteiger partial charge in [-0.3, -0.25) is 4.79 Å². The molecule has 122 valence electrons. The van der Waals surface area contributed by atoms with Crippen LogP contribution in [0, 0.1) is 0 Å². The van der Waals surface area contributed by atoms with Crippen molar-refractivity contribution in [2.75, 3.05) is 11.6 Å². The maximum absolute atomic E-state index is 12.3. The summed E-state index contributed by atoms with van der Waals surface area (Å²) in [7, 11) is -3.40. The van der Waals surface area contributed by atoms with Crippen molar-refractivity contribution in [3.8, 4) is 0 Å². The first-order chi connectivity index (χ1) is 10.8. The Morgan fingerprint density at radius 3 is 2.30 bits per heavy atom. The number of amides is 1. The molecule has 0 atom stereocenters. The van der Waals surface area contributed by atoms with Crippen LogP contribution in [-0.4, -0.2) is 25.8 Å². The molecule has 0 aliphatic heterocycles. The molecule has 0 bridgehead atoms. The van der Waals surface area contributed by atoms with Crippen LogP contribution in [0.4, 0.5) is 5.69 Å². The lowest BCUT2D eigenvalue weighted by atomic mass is 10.2. The highest BCUT2D eigenvalue weighted by Crippen LogP contribution is 2.20. The van der Waals surface area contributed by atoms with Gasteiger partial charge < -0.3 is 5.32 Å². The van der Waals surface area contributed by atoms with Crippen LogP contribution in [0.25, 0.3) is 0 Å². The average molecular weight is 349 g/mol. The molecule has 2 aromatic rings. The van der Waals surface area contributed by atoms with Gasteiger partial charge in [0.25, 0.3) is 5.91 Å². The van der Waals surface area contributed by atoms with Gasteiger partial charge in [-0.05, 0) is 62.6 Å². The first kappa shape index (κ1) is 17.6. The summed E-state index contributed by atoms with van der Waals surface area (Å²) in [5.41, 5.74) is 0.991. The summed E-state index contributed by atoms with van der Waals surface area (Å²) in [5.74, 6) is -0.331. The highest BCUT2D eigenvalue weighted by Gasteiger charge is 2.20. The van der Waals surface area contributed by atoms with E-state index in [4.69, 9.17) is 0 Å². The zero-order valence-corrected chi connectivity index (χ0v) is 14.9. The summed E-state index contributed by atoms with van der Waals surface area (Å²) in [6.45, 7) is 3.24. The Balaban J connectivity index is 2.23. The first-order valence-corrected chi connectivity index (χ1v) is 9.91. The van der Waals surface area contributed by atoms with Crippen molar-refractivity contribution in [2.24, 2.45) is 0 Å². The van der Waals surface area contributed by atoms with Crippen molar-refractivity contribution >= 4 is 33.2 Å². The van der Waals surface area contributed by atoms with Crippen molar-refractivity contribution in [3.05, 3.63) is 54.1 Å². The van der Waals surface area contributed by atoms with E-state index in [1.807, 2.05) is 30.5 Å². The largest absolute Gasteiger partial charge is 0.322 e. The van der Waals surface area contributed by atoms with E-state index in [1.54, 1.807) is 37.7 Å². The first-order valence-electron chi connectivity index (χ1n) is 7.14. The van der Waals surface area contributed by atoms with Gasteiger partial charge in [0.15, 0.2) is 9.84 Å². The van der Waals surface area contributed by atoms with E-state index < -0.39 is 15.1 Å². The van der Waals surface area contributed by atoms with Crippen LogP contribution in [0.3, 0.4) is 0 Å². The van der Waals surface area contributed by atoms with E-state index in [9.17, 15) is 13.2 Å². The van der Waals surface area contributed by atoms with E-state index in [1.165, 1.54) is 12.1 Å². The van der Waals surface area contributed by atoms with Gasteiger partial charge in [0.2, 0.25) is 0 Å². The zero-order valence-electron chi connectivity index (χ0n) is 13.2. The van der Waals surface area contributed by atoms with Crippen molar-refractivity contribution in [1.82, 2.24) is 0 Å². The molecule has 1 N–H and O–H groups in total. The number of benzene rings is 2. The molecule has 0 saturated carbocycles. The van der Waals surface area contributed by atoms with Gasteiger partial charge in [0, 0.05) is 16.1 Å². The summed E-state index contributed by atoms with van der Waals surface area (Å²) in [6, 6.07) is 13.6. The predicted octanol–water partition coefficient (Wildman–Crippen LogP) is 3.84. The van der Waals surface area contributed by atoms with Crippen LogP contribution in [0.2, 0.25) is 0 Å². The summed E-state index contributed by atoms with van der Waals surface area (Å²) < 4.78 is 24.4. The Kier molecular flexibility index (Phi) is 5.49. The number of thioether (sulfide) groups is 1. The monoisotopic (exact) mass is 349 g/mol. The van der Waals surface area contributed by atoms with Gasteiger partial charge in [-0.25, -0.2) is 8.42 Å². The lowest BCUT2D eigenvalue weighted by Crippen LogP contribution is -2.16. The van der Waals surface area contributed by atoms with Gasteiger partial charge in [0.1, 0.15) is 0 Å². The third-order valence-corrected chi connectivity index (χ3v) is 6.29. The summed E-state index contributed by atoms with van der Waals surface area (Å²) in [6.07, 6.45) is 1.98. The number of hydrogen-bond acceptors (Lipinski definition) is 4. The van der Waals surface area contributed by atoms with Gasteiger partial charge in [-0.2, -0.15) is 0 Å². The Morgan fingerprint density at radius 1 is 1.09 bits per heavy atom. The lowest BCUT2D eigenvalue weighted by molar-refractivity contribution is 0.102. The predicted molar refractivity (Wildman–Crippen MR) is 94.9 cm³/mol. The number of carbonyl (C=O) groups is 1. The molecule has 0 unspecified atom stereocenters. The van der Waals surface area contributed by atoms with Gasteiger partial charge in [-0.15, -0.1) is 11.8 Å². The fourth-order valence-electron chi connectivity index (χ4n) is 1.96. The fourth-order valence-corrected chi connectivity index (χ4v) is 3.48. The normalized spacial score (nSPS) is 11.5. The minimum absolute atomic E-state index is 0.165. The Bertz CT molecular complexity index is 797. The molecule has 2 rings (SSSR count). The molecular weight excluding hydrogens is 330 g/mol. The molecule has 0 saturated heterocycles. The molecule has 0 aliphatic rings. The highest BCUT2D eigenvalue weighted by atomic mass is 32.2. The van der Waals surface area contributed by atoms with E-state index >= 15 is 0 Å². The van der Waals surface area contributed by atoms with Crippen molar-refractivity contribution in [1.29, 1.82) is 0 Å². The molecule has 0 radical (unpaired) electrons. The maximum atomic E-state index is 12.3. The topological polar surface area (TPSA) is 63.2 Å². The molecule has 0 spiro atoms. The Hall–Kier alpha value is -1.79. The molecule has 0 aliphatic carbocycles. The molecule has 1 amide bonds. The zero-order chi connectivity index (χ0) is 17.0. The molecule has 4 nitrogen and oxygen atoms in total. The standard InChI is InChI=1S/C17H19NO3S2/c1-12(2)23(20,21)16-6-4-5-13(11-16)17(19)18-14-7-9-15(22-3)10-8-14/h4-12H,1-3H3,(H,18,19).